The molecular weight excluding hydrogens is 422 g/mol. The first-order valence-corrected chi connectivity index (χ1v) is 12.1. The van der Waals surface area contributed by atoms with E-state index in [9.17, 15) is 9.90 Å². The Morgan fingerprint density at radius 1 is 1.30 bits per heavy atom. The molecule has 30 heavy (non-hydrogen) atoms. The van der Waals surface area contributed by atoms with Crippen LogP contribution < -0.4 is 5.32 Å². The van der Waals surface area contributed by atoms with E-state index in [1.54, 1.807) is 11.3 Å². The number of aromatic nitrogens is 1. The number of nitrogens with zero attached hydrogens (tertiary/aromatic N) is 2. The van der Waals surface area contributed by atoms with Crippen LogP contribution in [0.3, 0.4) is 0 Å². The van der Waals surface area contributed by atoms with Crippen LogP contribution in [0.15, 0.2) is 18.2 Å². The molecule has 1 amide bonds. The zero-order valence-electron chi connectivity index (χ0n) is 16.7. The molecule has 2 aromatic rings. The zero-order valence-corrected chi connectivity index (χ0v) is 18.3. The number of anilines is 1. The summed E-state index contributed by atoms with van der Waals surface area (Å²) >= 11 is 7.66. The van der Waals surface area contributed by atoms with Gasteiger partial charge in [-0.15, -0.1) is 0 Å². The zero-order chi connectivity index (χ0) is 20.5. The van der Waals surface area contributed by atoms with Gasteiger partial charge in [0.15, 0.2) is 5.13 Å². The molecule has 1 aromatic heterocycles. The van der Waals surface area contributed by atoms with E-state index in [0.29, 0.717) is 35.9 Å². The number of thiazole rings is 1. The maximum Gasteiger partial charge on any atom is 0.410 e. The Morgan fingerprint density at radius 3 is 2.87 bits per heavy atom. The summed E-state index contributed by atoms with van der Waals surface area (Å²) in [5.41, 5.74) is 0.438. The van der Waals surface area contributed by atoms with Gasteiger partial charge in [-0.2, -0.15) is 0 Å². The SMILES string of the molecule is O=C(O[C@H]1C2CC3CC1C[C@](O)(C3)C2)N1CC[C@@H](Nc2nc3ccc(Cl)cc3s2)C1. The third kappa shape index (κ3) is 3.35. The fourth-order valence-electron chi connectivity index (χ4n) is 6.50. The third-order valence-corrected chi connectivity index (χ3v) is 8.70. The molecule has 2 unspecified atom stereocenters. The number of halogens is 1. The van der Waals surface area contributed by atoms with Gasteiger partial charge in [-0.1, -0.05) is 22.9 Å². The number of amides is 1. The number of ether oxygens (including phenoxy) is 1. The predicted octanol–water partition coefficient (Wildman–Crippen LogP) is 4.51. The maximum atomic E-state index is 12.9. The lowest BCUT2D eigenvalue weighted by Gasteiger charge is -2.57. The lowest BCUT2D eigenvalue weighted by Crippen LogP contribution is -2.58. The van der Waals surface area contributed by atoms with Crippen molar-refractivity contribution in [1.29, 1.82) is 0 Å². The first kappa shape index (κ1) is 19.1. The van der Waals surface area contributed by atoms with Crippen LogP contribution in [0.1, 0.15) is 38.5 Å². The highest BCUT2D eigenvalue weighted by Crippen LogP contribution is 2.56. The van der Waals surface area contributed by atoms with Crippen molar-refractivity contribution in [2.24, 2.45) is 17.8 Å². The molecule has 1 saturated heterocycles. The minimum Gasteiger partial charge on any atom is -0.446 e. The van der Waals surface area contributed by atoms with Gasteiger partial charge in [0.1, 0.15) is 6.10 Å². The fraction of sp³-hybridized carbons (Fsp3) is 0.636. The minimum atomic E-state index is -0.496. The number of carbonyl (C=O) groups excluding carboxylic acids is 1. The molecule has 2 N–H and O–H groups in total. The number of likely N-dealkylation sites (tertiary alicyclic amines) is 1. The van der Waals surface area contributed by atoms with Crippen molar-refractivity contribution in [3.63, 3.8) is 0 Å². The summed E-state index contributed by atoms with van der Waals surface area (Å²) in [5.74, 6) is 1.28. The number of fused-ring (bicyclic) bond motifs is 1. The molecule has 5 aliphatic rings. The van der Waals surface area contributed by atoms with Gasteiger partial charge in [0.25, 0.3) is 0 Å². The Morgan fingerprint density at radius 2 is 2.10 bits per heavy atom. The number of nitrogens with one attached hydrogen (secondary N) is 1. The van der Waals surface area contributed by atoms with Crippen LogP contribution >= 0.6 is 22.9 Å². The monoisotopic (exact) mass is 447 g/mol. The molecule has 0 spiro atoms. The average Bonchev–Trinajstić information content (AvgIpc) is 3.29. The highest BCUT2D eigenvalue weighted by Gasteiger charge is 2.56. The van der Waals surface area contributed by atoms with Crippen LogP contribution in [0.25, 0.3) is 10.2 Å². The van der Waals surface area contributed by atoms with Gasteiger partial charge in [-0.05, 0) is 74.5 Å². The molecule has 4 bridgehead atoms. The van der Waals surface area contributed by atoms with E-state index >= 15 is 0 Å². The Kier molecular flexibility index (Phi) is 4.45. The van der Waals surface area contributed by atoms with Gasteiger partial charge < -0.3 is 20.1 Å². The highest BCUT2D eigenvalue weighted by molar-refractivity contribution is 7.22. The standard InChI is InChI=1S/C22H26ClN3O3S/c23-15-1-2-17-18(7-15)30-20(25-17)24-16-3-4-26(11-16)21(27)29-19-13-5-12-6-14(19)10-22(28,8-12)9-13/h1-2,7,12-14,16,19,28H,3-6,8-11H2,(H,24,25)/t12?,13?,14?,16-,19-,22-/m1/s1. The molecule has 1 aromatic carbocycles. The van der Waals surface area contributed by atoms with E-state index < -0.39 is 5.60 Å². The van der Waals surface area contributed by atoms with Crippen LogP contribution in [0.2, 0.25) is 5.02 Å². The molecule has 7 rings (SSSR count). The Bertz CT molecular complexity index is 981. The van der Waals surface area contributed by atoms with E-state index in [4.69, 9.17) is 16.3 Å². The van der Waals surface area contributed by atoms with Gasteiger partial charge in [-0.25, -0.2) is 9.78 Å². The average molecular weight is 448 g/mol. The molecule has 3 atom stereocenters. The van der Waals surface area contributed by atoms with Gasteiger partial charge in [0.2, 0.25) is 0 Å². The van der Waals surface area contributed by atoms with Crippen molar-refractivity contribution >= 4 is 44.4 Å². The summed E-state index contributed by atoms with van der Waals surface area (Å²) < 4.78 is 7.09. The second kappa shape index (κ2) is 6.97. The van der Waals surface area contributed by atoms with Crippen molar-refractivity contribution < 1.29 is 14.6 Å². The van der Waals surface area contributed by atoms with E-state index in [0.717, 1.165) is 53.9 Å². The van der Waals surface area contributed by atoms with E-state index in [2.05, 4.69) is 10.3 Å². The van der Waals surface area contributed by atoms with Crippen LogP contribution in [-0.4, -0.2) is 51.9 Å². The first-order chi connectivity index (χ1) is 14.4. The molecule has 0 radical (unpaired) electrons. The maximum absolute atomic E-state index is 12.9. The fourth-order valence-corrected chi connectivity index (χ4v) is 7.72. The predicted molar refractivity (Wildman–Crippen MR) is 117 cm³/mol. The van der Waals surface area contributed by atoms with Gasteiger partial charge in [0.05, 0.1) is 15.8 Å². The summed E-state index contributed by atoms with van der Waals surface area (Å²) in [4.78, 5) is 19.3. The van der Waals surface area contributed by atoms with E-state index in [-0.39, 0.29) is 18.2 Å². The number of rotatable bonds is 3. The number of benzene rings is 1. The van der Waals surface area contributed by atoms with Gasteiger partial charge in [-0.3, -0.25) is 0 Å². The number of carbonyl (C=O) groups is 1. The molecule has 2 heterocycles. The topological polar surface area (TPSA) is 74.7 Å². The number of hydrogen-bond donors (Lipinski definition) is 2. The molecule has 8 heteroatoms. The molecule has 5 fully saturated rings. The summed E-state index contributed by atoms with van der Waals surface area (Å²) in [7, 11) is 0. The Hall–Kier alpha value is -1.57. The first-order valence-electron chi connectivity index (χ1n) is 10.9. The van der Waals surface area contributed by atoms with E-state index in [1.165, 1.54) is 0 Å². The second-order valence-corrected chi connectivity index (χ2v) is 11.2. The summed E-state index contributed by atoms with van der Waals surface area (Å²) in [6.45, 7) is 1.33. The third-order valence-electron chi connectivity index (χ3n) is 7.52. The summed E-state index contributed by atoms with van der Waals surface area (Å²) in [6.07, 6.45) is 5.40. The highest BCUT2D eigenvalue weighted by atomic mass is 35.5. The number of hydrogen-bond acceptors (Lipinski definition) is 6. The summed E-state index contributed by atoms with van der Waals surface area (Å²) in [5, 5.41) is 15.8. The lowest BCUT2D eigenvalue weighted by molar-refractivity contribution is -0.177. The number of aliphatic hydroxyl groups is 1. The van der Waals surface area contributed by atoms with Crippen LogP contribution in [0, 0.1) is 17.8 Å². The van der Waals surface area contributed by atoms with Crippen molar-refractivity contribution in [2.45, 2.75) is 56.3 Å². The van der Waals surface area contributed by atoms with Crippen molar-refractivity contribution in [3.05, 3.63) is 23.2 Å². The smallest absolute Gasteiger partial charge is 0.410 e. The second-order valence-electron chi connectivity index (χ2n) is 9.75. The lowest BCUT2D eigenvalue weighted by atomic mass is 9.53. The van der Waals surface area contributed by atoms with Crippen LogP contribution in [0.5, 0.6) is 0 Å². The van der Waals surface area contributed by atoms with Gasteiger partial charge >= 0.3 is 6.09 Å². The van der Waals surface area contributed by atoms with Crippen LogP contribution in [0.4, 0.5) is 9.93 Å². The van der Waals surface area contributed by atoms with Gasteiger partial charge in [0, 0.05) is 24.2 Å². The molecule has 1 aliphatic heterocycles. The van der Waals surface area contributed by atoms with Crippen molar-refractivity contribution in [3.8, 4) is 0 Å². The van der Waals surface area contributed by atoms with Crippen molar-refractivity contribution in [1.82, 2.24) is 9.88 Å². The molecule has 4 aliphatic carbocycles. The quantitative estimate of drug-likeness (QED) is 0.723. The molecular formula is C22H26ClN3O3S. The molecule has 6 nitrogen and oxygen atoms in total. The normalized spacial score (nSPS) is 37.1. The van der Waals surface area contributed by atoms with Crippen LogP contribution in [-0.2, 0) is 4.74 Å². The Balaban J connectivity index is 1.07. The molecule has 4 saturated carbocycles. The summed E-state index contributed by atoms with van der Waals surface area (Å²) in [6, 6.07) is 5.88. The largest absolute Gasteiger partial charge is 0.446 e. The molecule has 160 valence electrons. The minimum absolute atomic E-state index is 0.0182. The van der Waals surface area contributed by atoms with E-state index in [1.807, 2.05) is 23.1 Å². The van der Waals surface area contributed by atoms with Crippen molar-refractivity contribution in [2.75, 3.05) is 18.4 Å². The Labute approximate surface area is 184 Å².